The lowest BCUT2D eigenvalue weighted by Crippen LogP contribution is -2.27. The zero-order valence-corrected chi connectivity index (χ0v) is 9.47. The number of fused-ring (bicyclic) bond motifs is 1. The maximum Gasteiger partial charge on any atom is 0.375 e. The molecule has 0 amide bonds. The fraction of sp³-hybridized carbons (Fsp3) is 0.833. The van der Waals surface area contributed by atoms with Gasteiger partial charge >= 0.3 is 5.97 Å². The molecule has 2 saturated carbocycles. The number of carbonyl (C=O) groups is 2. The highest BCUT2D eigenvalue weighted by Gasteiger charge is 2.83. The van der Waals surface area contributed by atoms with Crippen molar-refractivity contribution >= 4 is 11.8 Å². The van der Waals surface area contributed by atoms with E-state index in [9.17, 15) is 14.7 Å². The molecule has 0 aromatic carbocycles. The summed E-state index contributed by atoms with van der Waals surface area (Å²) in [7, 11) is 0. The van der Waals surface area contributed by atoms with Gasteiger partial charge in [-0.1, -0.05) is 20.3 Å². The molecule has 1 N–H and O–H groups in total. The van der Waals surface area contributed by atoms with Crippen LogP contribution in [0.4, 0.5) is 0 Å². The van der Waals surface area contributed by atoms with Crippen molar-refractivity contribution in [2.45, 2.75) is 38.4 Å². The van der Waals surface area contributed by atoms with Gasteiger partial charge in [0, 0.05) is 5.92 Å². The fourth-order valence-corrected chi connectivity index (χ4v) is 3.70. The number of hydrogen-bond donors (Lipinski definition) is 1. The van der Waals surface area contributed by atoms with Gasteiger partial charge in [0.2, 0.25) is 5.78 Å². The molecule has 3 rings (SSSR count). The molecular weight excluding hydrogens is 208 g/mol. The zero-order chi connectivity index (χ0) is 11.7. The summed E-state index contributed by atoms with van der Waals surface area (Å²) in [6.45, 7) is 4.19. The first kappa shape index (κ1) is 10.3. The number of aliphatic hydroxyl groups excluding tert-OH is 1. The summed E-state index contributed by atoms with van der Waals surface area (Å²) < 4.78 is 5.21. The Bertz CT molecular complexity index is 377. The van der Waals surface area contributed by atoms with E-state index in [1.165, 1.54) is 0 Å². The highest BCUT2D eigenvalue weighted by atomic mass is 16.6. The number of Topliss-reactive ketones (excluding diaryl/α,β-unsaturated/α-hetero) is 1. The van der Waals surface area contributed by atoms with Crippen molar-refractivity contribution in [1.82, 2.24) is 0 Å². The van der Waals surface area contributed by atoms with Crippen LogP contribution in [0.5, 0.6) is 0 Å². The Hall–Kier alpha value is -0.900. The Labute approximate surface area is 94.0 Å². The second-order valence-corrected chi connectivity index (χ2v) is 5.46. The summed E-state index contributed by atoms with van der Waals surface area (Å²) in [6.07, 6.45) is 1.18. The Morgan fingerprint density at radius 2 is 2.25 bits per heavy atom. The largest absolute Gasteiger partial charge is 0.452 e. The van der Waals surface area contributed by atoms with E-state index in [4.69, 9.17) is 4.74 Å². The molecule has 0 bridgehead atoms. The Morgan fingerprint density at radius 3 is 2.88 bits per heavy atom. The van der Waals surface area contributed by atoms with Gasteiger partial charge in [-0.15, -0.1) is 0 Å². The van der Waals surface area contributed by atoms with Crippen molar-refractivity contribution < 1.29 is 19.4 Å². The van der Waals surface area contributed by atoms with E-state index >= 15 is 0 Å². The van der Waals surface area contributed by atoms with E-state index in [1.54, 1.807) is 0 Å². The summed E-state index contributed by atoms with van der Waals surface area (Å²) in [5.41, 5.74) is -0.609. The third-order valence-electron chi connectivity index (χ3n) is 4.84. The number of ether oxygens (including phenoxy) is 1. The maximum atomic E-state index is 11.5. The Morgan fingerprint density at radius 1 is 1.56 bits per heavy atom. The number of aliphatic hydroxyl groups is 1. The molecule has 4 heteroatoms. The molecule has 0 radical (unpaired) electrons. The topological polar surface area (TPSA) is 63.6 Å². The molecule has 2 aliphatic carbocycles. The highest BCUT2D eigenvalue weighted by molar-refractivity contribution is 6.38. The molecule has 1 heterocycles. The van der Waals surface area contributed by atoms with Crippen LogP contribution in [-0.4, -0.2) is 28.6 Å². The van der Waals surface area contributed by atoms with Crippen molar-refractivity contribution in [1.29, 1.82) is 0 Å². The van der Waals surface area contributed by atoms with Crippen LogP contribution in [-0.2, 0) is 14.3 Å². The number of rotatable bonds is 2. The fourth-order valence-electron chi connectivity index (χ4n) is 3.70. The molecule has 6 atom stereocenters. The predicted molar refractivity (Wildman–Crippen MR) is 54.4 cm³/mol. The van der Waals surface area contributed by atoms with E-state index in [2.05, 4.69) is 13.8 Å². The highest BCUT2D eigenvalue weighted by Crippen LogP contribution is 2.69. The normalized spacial score (nSPS) is 50.9. The van der Waals surface area contributed by atoms with Crippen LogP contribution < -0.4 is 0 Å². The molecular formula is C12H16O4. The number of ketones is 1. The van der Waals surface area contributed by atoms with Crippen molar-refractivity contribution in [3.8, 4) is 0 Å². The van der Waals surface area contributed by atoms with Crippen LogP contribution in [0.3, 0.4) is 0 Å². The van der Waals surface area contributed by atoms with E-state index in [1.807, 2.05) is 0 Å². The van der Waals surface area contributed by atoms with Crippen LogP contribution in [0.25, 0.3) is 0 Å². The number of hydrogen-bond acceptors (Lipinski definition) is 4. The molecule has 1 aliphatic heterocycles. The molecule has 3 fully saturated rings. The minimum Gasteiger partial charge on any atom is -0.452 e. The molecule has 4 nitrogen and oxygen atoms in total. The first-order valence-electron chi connectivity index (χ1n) is 5.98. The smallest absolute Gasteiger partial charge is 0.375 e. The minimum atomic E-state index is -0.696. The van der Waals surface area contributed by atoms with Gasteiger partial charge in [0.25, 0.3) is 0 Å². The molecule has 0 aromatic heterocycles. The van der Waals surface area contributed by atoms with Crippen molar-refractivity contribution in [3.05, 3.63) is 0 Å². The zero-order valence-electron chi connectivity index (χ0n) is 9.47. The summed E-state index contributed by atoms with van der Waals surface area (Å²) in [5.74, 6) is -0.992. The summed E-state index contributed by atoms with van der Waals surface area (Å²) in [6, 6.07) is 0. The lowest BCUT2D eigenvalue weighted by Gasteiger charge is -2.24. The first-order valence-corrected chi connectivity index (χ1v) is 5.98. The third-order valence-corrected chi connectivity index (χ3v) is 4.84. The van der Waals surface area contributed by atoms with Crippen LogP contribution in [0.2, 0.25) is 0 Å². The lowest BCUT2D eigenvalue weighted by molar-refractivity contribution is -0.154. The predicted octanol–water partition coefficient (Wildman–Crippen LogP) is 0.524. The van der Waals surface area contributed by atoms with Crippen LogP contribution in [0, 0.1) is 23.7 Å². The van der Waals surface area contributed by atoms with Crippen molar-refractivity contribution in [2.24, 2.45) is 23.7 Å². The molecule has 4 unspecified atom stereocenters. The van der Waals surface area contributed by atoms with E-state index < -0.39 is 23.5 Å². The molecule has 16 heavy (non-hydrogen) atoms. The third kappa shape index (κ3) is 0.943. The number of carbonyl (C=O) groups excluding carboxylic acids is 2. The van der Waals surface area contributed by atoms with Gasteiger partial charge in [0.05, 0.1) is 12.0 Å². The van der Waals surface area contributed by atoms with Crippen LogP contribution in [0.1, 0.15) is 26.7 Å². The van der Waals surface area contributed by atoms with Gasteiger partial charge in [0.15, 0.2) is 0 Å². The van der Waals surface area contributed by atoms with E-state index in [0.717, 1.165) is 6.42 Å². The Kier molecular flexibility index (Phi) is 1.83. The van der Waals surface area contributed by atoms with Gasteiger partial charge in [0.1, 0.15) is 5.60 Å². The van der Waals surface area contributed by atoms with Gasteiger partial charge in [-0.25, -0.2) is 4.79 Å². The molecule has 1 spiro atoms. The SMILES string of the molecule is CCC(C)[C@@H]1CC23OC(=O)C(=O)[C@@H]2C3C1O. The summed E-state index contributed by atoms with van der Waals surface area (Å²) in [5, 5.41) is 10.2. The van der Waals surface area contributed by atoms with Crippen molar-refractivity contribution in [3.63, 3.8) is 0 Å². The molecule has 3 aliphatic rings. The van der Waals surface area contributed by atoms with Crippen LogP contribution in [0.15, 0.2) is 0 Å². The lowest BCUT2D eigenvalue weighted by atomic mass is 9.84. The molecule has 88 valence electrons. The van der Waals surface area contributed by atoms with Crippen LogP contribution >= 0.6 is 0 Å². The number of esters is 1. The Balaban J connectivity index is 1.84. The van der Waals surface area contributed by atoms with Gasteiger partial charge in [-0.05, 0) is 18.3 Å². The first-order chi connectivity index (χ1) is 7.53. The van der Waals surface area contributed by atoms with E-state index in [0.29, 0.717) is 12.3 Å². The quantitative estimate of drug-likeness (QED) is 0.548. The molecule has 1 saturated heterocycles. The van der Waals surface area contributed by atoms with Gasteiger partial charge < -0.3 is 9.84 Å². The monoisotopic (exact) mass is 224 g/mol. The second-order valence-electron chi connectivity index (χ2n) is 5.46. The summed E-state index contributed by atoms with van der Waals surface area (Å²) in [4.78, 5) is 22.6. The van der Waals surface area contributed by atoms with Gasteiger partial charge in [-0.2, -0.15) is 0 Å². The summed E-state index contributed by atoms with van der Waals surface area (Å²) >= 11 is 0. The standard InChI is InChI=1S/C12H16O4/c1-3-5(2)6-4-12-7(9(6)13)8(12)10(14)11(15)16-12/h5-9,13H,3-4H2,1-2H3/t5?,6-,7?,8-,9?,12?/m0/s1. The van der Waals surface area contributed by atoms with Gasteiger partial charge in [-0.3, -0.25) is 4.79 Å². The maximum absolute atomic E-state index is 11.5. The van der Waals surface area contributed by atoms with Crippen molar-refractivity contribution in [2.75, 3.05) is 0 Å². The van der Waals surface area contributed by atoms with E-state index in [-0.39, 0.29) is 17.8 Å². The average Bonchev–Trinajstić information content (AvgIpc) is 2.70. The second kappa shape index (κ2) is 2.86. The minimum absolute atomic E-state index is 0.114. The average molecular weight is 224 g/mol. The molecule has 0 aromatic rings.